The molecule has 0 aliphatic carbocycles. The number of aromatic nitrogens is 2. The molecular weight excluding hydrogens is 326 g/mol. The second-order valence-corrected chi connectivity index (χ2v) is 6.74. The summed E-state index contributed by atoms with van der Waals surface area (Å²) in [6.45, 7) is 3.75. The van der Waals surface area contributed by atoms with E-state index in [-0.39, 0.29) is 6.10 Å². The second-order valence-electron chi connectivity index (χ2n) is 6.74. The van der Waals surface area contributed by atoms with Crippen molar-refractivity contribution in [1.82, 2.24) is 14.9 Å². The van der Waals surface area contributed by atoms with E-state index >= 15 is 0 Å². The lowest BCUT2D eigenvalue weighted by Crippen LogP contribution is -2.38. The van der Waals surface area contributed by atoms with Gasteiger partial charge in [-0.2, -0.15) is 0 Å². The van der Waals surface area contributed by atoms with E-state index in [4.69, 9.17) is 9.47 Å². The molecular formula is C21H25N3O2. The van der Waals surface area contributed by atoms with Crippen LogP contribution in [0.15, 0.2) is 48.9 Å². The normalized spacial score (nSPS) is 18.3. The molecule has 136 valence electrons. The number of hydrogen-bond acceptors (Lipinski definition) is 4. The maximum absolute atomic E-state index is 6.05. The number of H-pyrrole nitrogens is 1. The van der Waals surface area contributed by atoms with Crippen LogP contribution < -0.4 is 4.74 Å². The van der Waals surface area contributed by atoms with E-state index < -0.39 is 0 Å². The molecule has 0 spiro atoms. The molecule has 26 heavy (non-hydrogen) atoms. The first-order chi connectivity index (χ1) is 12.8. The van der Waals surface area contributed by atoms with E-state index in [1.807, 2.05) is 30.6 Å². The first-order valence-corrected chi connectivity index (χ1v) is 9.22. The Bertz CT molecular complexity index is 861. The number of aryl methyl sites for hydroxylation is 1. The van der Waals surface area contributed by atoms with Crippen molar-refractivity contribution in [3.05, 3.63) is 60.0 Å². The van der Waals surface area contributed by atoms with Gasteiger partial charge in [0.1, 0.15) is 5.75 Å². The average Bonchev–Trinajstić information content (AvgIpc) is 3.13. The van der Waals surface area contributed by atoms with Gasteiger partial charge in [-0.1, -0.05) is 18.2 Å². The van der Waals surface area contributed by atoms with Gasteiger partial charge in [-0.3, -0.25) is 9.88 Å². The summed E-state index contributed by atoms with van der Waals surface area (Å²) in [6.07, 6.45) is 8.05. The molecule has 1 aliphatic heterocycles. The molecule has 1 aliphatic rings. The zero-order valence-corrected chi connectivity index (χ0v) is 15.1. The quantitative estimate of drug-likeness (QED) is 0.737. The number of hydrogen-bond donors (Lipinski definition) is 1. The lowest BCUT2D eigenvalue weighted by molar-refractivity contribution is -0.0294. The Morgan fingerprint density at radius 3 is 3.15 bits per heavy atom. The monoisotopic (exact) mass is 351 g/mol. The number of morpholine rings is 1. The van der Waals surface area contributed by atoms with Crippen molar-refractivity contribution in [1.29, 1.82) is 0 Å². The number of nitrogens with zero attached hydrogens (tertiary/aromatic N) is 2. The van der Waals surface area contributed by atoms with Crippen LogP contribution in [0.5, 0.6) is 5.75 Å². The molecule has 1 N–H and O–H groups in total. The van der Waals surface area contributed by atoms with E-state index in [0.29, 0.717) is 0 Å². The van der Waals surface area contributed by atoms with Gasteiger partial charge in [0.05, 0.1) is 19.8 Å². The topological polar surface area (TPSA) is 50.4 Å². The van der Waals surface area contributed by atoms with Crippen LogP contribution >= 0.6 is 0 Å². The Kier molecular flexibility index (Phi) is 5.18. The van der Waals surface area contributed by atoms with E-state index in [9.17, 15) is 0 Å². The first-order valence-electron chi connectivity index (χ1n) is 9.22. The van der Waals surface area contributed by atoms with Crippen LogP contribution in [0.2, 0.25) is 0 Å². The molecule has 0 amide bonds. The third kappa shape index (κ3) is 3.59. The summed E-state index contributed by atoms with van der Waals surface area (Å²) in [4.78, 5) is 10.1. The molecule has 0 saturated carbocycles. The van der Waals surface area contributed by atoms with Crippen LogP contribution in [-0.4, -0.2) is 48.2 Å². The van der Waals surface area contributed by atoms with Gasteiger partial charge < -0.3 is 14.5 Å². The molecule has 5 nitrogen and oxygen atoms in total. The smallest absolute Gasteiger partial charge is 0.122 e. The Labute approximate surface area is 153 Å². The summed E-state index contributed by atoms with van der Waals surface area (Å²) in [5, 5.41) is 1.16. The first kappa shape index (κ1) is 17.1. The summed E-state index contributed by atoms with van der Waals surface area (Å²) in [7, 11) is 1.74. The highest BCUT2D eigenvalue weighted by Gasteiger charge is 2.24. The number of rotatable bonds is 6. The van der Waals surface area contributed by atoms with Crippen LogP contribution in [0.4, 0.5) is 0 Å². The molecule has 3 aromatic rings. The molecule has 2 aromatic heterocycles. The van der Waals surface area contributed by atoms with E-state index in [0.717, 1.165) is 55.7 Å². The van der Waals surface area contributed by atoms with Gasteiger partial charge in [0.25, 0.3) is 0 Å². The largest absolute Gasteiger partial charge is 0.496 e. The van der Waals surface area contributed by atoms with Gasteiger partial charge in [-0.05, 0) is 37.1 Å². The molecule has 1 aromatic carbocycles. The summed E-state index contributed by atoms with van der Waals surface area (Å²) in [5.41, 5.74) is 3.61. The lowest BCUT2D eigenvalue weighted by Gasteiger charge is -2.33. The number of ether oxygens (including phenoxy) is 2. The van der Waals surface area contributed by atoms with E-state index in [2.05, 4.69) is 33.2 Å². The van der Waals surface area contributed by atoms with Crippen LogP contribution in [0.3, 0.4) is 0 Å². The van der Waals surface area contributed by atoms with Gasteiger partial charge in [0.2, 0.25) is 0 Å². The molecule has 5 heteroatoms. The lowest BCUT2D eigenvalue weighted by atomic mass is 10.1. The predicted octanol–water partition coefficient (Wildman–Crippen LogP) is 3.58. The minimum absolute atomic E-state index is 0.105. The SMILES string of the molecule is COc1ccccc1CCCN1CCOC(c2c[nH]c3ccncc23)C1. The van der Waals surface area contributed by atoms with Crippen LogP contribution in [0.25, 0.3) is 10.9 Å². The van der Waals surface area contributed by atoms with Crippen molar-refractivity contribution in [2.75, 3.05) is 33.4 Å². The molecule has 4 rings (SSSR count). The number of pyridine rings is 1. The second kappa shape index (κ2) is 7.89. The molecule has 1 saturated heterocycles. The van der Waals surface area contributed by atoms with Gasteiger partial charge in [0.15, 0.2) is 0 Å². The third-order valence-corrected chi connectivity index (χ3v) is 5.13. The maximum Gasteiger partial charge on any atom is 0.122 e. The fraction of sp³-hybridized carbons (Fsp3) is 0.381. The Hall–Kier alpha value is -2.37. The van der Waals surface area contributed by atoms with Gasteiger partial charge in [0, 0.05) is 48.1 Å². The number of nitrogens with one attached hydrogen (secondary N) is 1. The molecule has 0 bridgehead atoms. The number of fused-ring (bicyclic) bond motifs is 1. The molecule has 1 fully saturated rings. The van der Waals surface area contributed by atoms with Gasteiger partial charge >= 0.3 is 0 Å². The summed E-state index contributed by atoms with van der Waals surface area (Å²) in [5.74, 6) is 0.985. The number of aromatic amines is 1. The van der Waals surface area contributed by atoms with E-state index in [1.165, 1.54) is 11.1 Å². The highest BCUT2D eigenvalue weighted by Crippen LogP contribution is 2.29. The zero-order valence-electron chi connectivity index (χ0n) is 15.1. The Morgan fingerprint density at radius 2 is 2.23 bits per heavy atom. The average molecular weight is 351 g/mol. The van der Waals surface area contributed by atoms with Crippen molar-refractivity contribution in [2.45, 2.75) is 18.9 Å². The fourth-order valence-electron chi connectivity index (χ4n) is 3.75. The van der Waals surface area contributed by atoms with Crippen LogP contribution in [0.1, 0.15) is 23.7 Å². The summed E-state index contributed by atoms with van der Waals surface area (Å²) < 4.78 is 11.5. The molecule has 1 atom stereocenters. The third-order valence-electron chi connectivity index (χ3n) is 5.13. The minimum atomic E-state index is 0.105. The van der Waals surface area contributed by atoms with Crippen LogP contribution in [0, 0.1) is 0 Å². The Morgan fingerprint density at radius 1 is 1.31 bits per heavy atom. The highest BCUT2D eigenvalue weighted by atomic mass is 16.5. The van der Waals surface area contributed by atoms with Crippen molar-refractivity contribution >= 4 is 10.9 Å². The maximum atomic E-state index is 6.05. The molecule has 0 radical (unpaired) electrons. The standard InChI is InChI=1S/C21H25N3O2/c1-25-20-7-3-2-5-16(20)6-4-10-24-11-12-26-21(15-24)18-14-23-19-8-9-22-13-17(18)19/h2-3,5,7-9,13-14,21,23H,4,6,10-12,15H2,1H3. The molecule has 3 heterocycles. The number of methoxy groups -OCH3 is 1. The van der Waals surface area contributed by atoms with Crippen LogP contribution in [-0.2, 0) is 11.2 Å². The van der Waals surface area contributed by atoms with E-state index in [1.54, 1.807) is 7.11 Å². The van der Waals surface area contributed by atoms with Crippen molar-refractivity contribution in [3.63, 3.8) is 0 Å². The highest BCUT2D eigenvalue weighted by molar-refractivity contribution is 5.82. The predicted molar refractivity (Wildman–Crippen MR) is 103 cm³/mol. The summed E-state index contributed by atoms with van der Waals surface area (Å²) >= 11 is 0. The van der Waals surface area contributed by atoms with Crippen molar-refractivity contribution in [3.8, 4) is 5.75 Å². The zero-order chi connectivity index (χ0) is 17.8. The van der Waals surface area contributed by atoms with Gasteiger partial charge in [-0.15, -0.1) is 0 Å². The number of benzene rings is 1. The number of para-hydroxylation sites is 1. The van der Waals surface area contributed by atoms with Crippen molar-refractivity contribution in [2.24, 2.45) is 0 Å². The Balaban J connectivity index is 1.37. The fourth-order valence-corrected chi connectivity index (χ4v) is 3.75. The minimum Gasteiger partial charge on any atom is -0.496 e. The molecule has 1 unspecified atom stereocenters. The van der Waals surface area contributed by atoms with Gasteiger partial charge in [-0.25, -0.2) is 0 Å². The van der Waals surface area contributed by atoms with Crippen molar-refractivity contribution < 1.29 is 9.47 Å². The summed E-state index contributed by atoms with van der Waals surface area (Å²) in [6, 6.07) is 10.3.